The molecular formula is C29H25FN6O. The highest BCUT2D eigenvalue weighted by Crippen LogP contribution is 2.35. The quantitative estimate of drug-likeness (QED) is 0.451. The molecule has 2 aromatic carbocycles. The van der Waals surface area contributed by atoms with Crippen molar-refractivity contribution in [3.8, 4) is 12.1 Å². The van der Waals surface area contributed by atoms with E-state index in [2.05, 4.69) is 45.8 Å². The topological polar surface area (TPSA) is 99.8 Å². The van der Waals surface area contributed by atoms with Gasteiger partial charge in [0.05, 0.1) is 28.9 Å². The number of hydrogen-bond donors (Lipinski definition) is 1. The van der Waals surface area contributed by atoms with Crippen molar-refractivity contribution >= 4 is 16.7 Å². The average Bonchev–Trinajstić information content (AvgIpc) is 2.91. The number of anilines is 1. The Morgan fingerprint density at radius 1 is 0.946 bits per heavy atom. The average molecular weight is 493 g/mol. The van der Waals surface area contributed by atoms with Crippen LogP contribution in [0.15, 0.2) is 71.5 Å². The van der Waals surface area contributed by atoms with Crippen molar-refractivity contribution in [2.45, 2.75) is 32.0 Å². The third-order valence-corrected chi connectivity index (χ3v) is 6.99. The second-order valence-corrected chi connectivity index (χ2v) is 9.46. The van der Waals surface area contributed by atoms with Gasteiger partial charge in [0.2, 0.25) is 0 Å². The monoisotopic (exact) mass is 492 g/mol. The largest absolute Gasteiger partial charge is 0.364 e. The van der Waals surface area contributed by atoms with Crippen LogP contribution in [0.5, 0.6) is 0 Å². The number of piperazine rings is 1. The number of nitrogens with one attached hydrogen (secondary N) is 1. The Hall–Kier alpha value is -4.53. The Balaban J connectivity index is 1.54. The molecule has 1 aliphatic rings. The van der Waals surface area contributed by atoms with Gasteiger partial charge < -0.3 is 9.88 Å². The van der Waals surface area contributed by atoms with E-state index in [0.717, 1.165) is 11.1 Å². The number of halogens is 1. The van der Waals surface area contributed by atoms with Crippen molar-refractivity contribution in [3.05, 3.63) is 105 Å². The van der Waals surface area contributed by atoms with Gasteiger partial charge in [-0.05, 0) is 61.4 Å². The van der Waals surface area contributed by atoms with Crippen LogP contribution in [0.3, 0.4) is 0 Å². The number of H-pyrrole nitrogens is 1. The van der Waals surface area contributed by atoms with Gasteiger partial charge >= 0.3 is 0 Å². The van der Waals surface area contributed by atoms with E-state index in [1.807, 2.05) is 12.1 Å². The Morgan fingerprint density at radius 3 is 2.27 bits per heavy atom. The Morgan fingerprint density at radius 2 is 1.62 bits per heavy atom. The molecule has 37 heavy (non-hydrogen) atoms. The third kappa shape index (κ3) is 4.67. The summed E-state index contributed by atoms with van der Waals surface area (Å²) in [6.07, 6.45) is 0. The molecule has 2 aromatic heterocycles. The molecule has 1 fully saturated rings. The van der Waals surface area contributed by atoms with Gasteiger partial charge in [-0.15, -0.1) is 0 Å². The van der Waals surface area contributed by atoms with Gasteiger partial charge in [-0.1, -0.05) is 24.3 Å². The van der Waals surface area contributed by atoms with Crippen LogP contribution < -0.4 is 10.5 Å². The molecule has 0 aliphatic carbocycles. The second-order valence-electron chi connectivity index (χ2n) is 9.46. The maximum Gasteiger partial charge on any atom is 0.250 e. The summed E-state index contributed by atoms with van der Waals surface area (Å²) in [6.45, 7) is 5.50. The zero-order valence-electron chi connectivity index (χ0n) is 20.5. The third-order valence-electron chi connectivity index (χ3n) is 6.99. The summed E-state index contributed by atoms with van der Waals surface area (Å²) >= 11 is 0. The summed E-state index contributed by atoms with van der Waals surface area (Å²) in [5.41, 5.74) is 4.50. The first-order valence-corrected chi connectivity index (χ1v) is 12.1. The van der Waals surface area contributed by atoms with E-state index in [-0.39, 0.29) is 35.2 Å². The summed E-state index contributed by atoms with van der Waals surface area (Å²) in [5, 5.41) is 18.6. The molecule has 0 spiro atoms. The molecule has 5 rings (SSSR count). The number of hydrogen-bond acceptors (Lipinski definition) is 6. The van der Waals surface area contributed by atoms with Crippen molar-refractivity contribution in [3.63, 3.8) is 0 Å². The number of benzene rings is 2. The van der Waals surface area contributed by atoms with E-state index in [0.29, 0.717) is 35.4 Å². The zero-order valence-corrected chi connectivity index (χ0v) is 20.5. The van der Waals surface area contributed by atoms with Crippen molar-refractivity contribution in [2.24, 2.45) is 0 Å². The number of aromatic amines is 1. The Kier molecular flexibility index (Phi) is 6.43. The van der Waals surface area contributed by atoms with Gasteiger partial charge in [0.25, 0.3) is 5.56 Å². The number of rotatable bonds is 4. The standard InChI is InChI=1S/C29H25FN6O/c1-18-17-36(29(22-7-9-23(30)10-8-22)21-5-3-20(14-31)4-6-21)19(2)16-35(18)26-13-27(37)34-25-12-11-24(15-32)33-28(25)26/h3-13,18-19,29H,16-17H2,1-2H3,(H,34,37)/t18-,19+,29?/m0/s1. The van der Waals surface area contributed by atoms with Crippen LogP contribution in [0.1, 0.15) is 42.3 Å². The highest BCUT2D eigenvalue weighted by atomic mass is 19.1. The van der Waals surface area contributed by atoms with Gasteiger partial charge in [-0.3, -0.25) is 9.69 Å². The molecule has 0 amide bonds. The first-order valence-electron chi connectivity index (χ1n) is 12.1. The van der Waals surface area contributed by atoms with Crippen LogP contribution >= 0.6 is 0 Å². The zero-order chi connectivity index (χ0) is 26.1. The van der Waals surface area contributed by atoms with Gasteiger partial charge in [0, 0.05) is 31.2 Å². The molecule has 184 valence electrons. The van der Waals surface area contributed by atoms with E-state index in [1.165, 1.54) is 12.1 Å². The van der Waals surface area contributed by atoms with Crippen LogP contribution in [0.2, 0.25) is 0 Å². The minimum Gasteiger partial charge on any atom is -0.364 e. The lowest BCUT2D eigenvalue weighted by atomic mass is 9.93. The van der Waals surface area contributed by atoms with Crippen molar-refractivity contribution in [2.75, 3.05) is 18.0 Å². The van der Waals surface area contributed by atoms with Crippen molar-refractivity contribution < 1.29 is 4.39 Å². The molecule has 0 saturated carbocycles. The number of nitrogens with zero attached hydrogens (tertiary/aromatic N) is 5. The van der Waals surface area contributed by atoms with E-state index in [9.17, 15) is 19.7 Å². The lowest BCUT2D eigenvalue weighted by molar-refractivity contribution is 0.130. The van der Waals surface area contributed by atoms with E-state index in [4.69, 9.17) is 0 Å². The predicted molar refractivity (Wildman–Crippen MR) is 139 cm³/mol. The fourth-order valence-electron chi connectivity index (χ4n) is 5.21. The van der Waals surface area contributed by atoms with Crippen LogP contribution in [0.25, 0.3) is 11.0 Å². The summed E-state index contributed by atoms with van der Waals surface area (Å²) in [7, 11) is 0. The molecule has 0 radical (unpaired) electrons. The molecule has 7 nitrogen and oxygen atoms in total. The highest BCUT2D eigenvalue weighted by molar-refractivity contribution is 5.88. The Labute approximate surface area is 214 Å². The maximum atomic E-state index is 13.8. The summed E-state index contributed by atoms with van der Waals surface area (Å²) in [6, 6.07) is 23.1. The normalized spacial score (nSPS) is 18.8. The molecule has 0 bridgehead atoms. The molecular weight excluding hydrogens is 467 g/mol. The SMILES string of the molecule is C[C@@H]1CN(c2cc(=O)[nH]c3ccc(C#N)nc23)[C@@H](C)CN1C(c1ccc(F)cc1)c1ccc(C#N)cc1. The predicted octanol–water partition coefficient (Wildman–Crippen LogP) is 4.49. The fourth-order valence-corrected chi connectivity index (χ4v) is 5.21. The minimum absolute atomic E-state index is 0.00933. The Bertz CT molecular complexity index is 1580. The molecule has 3 atom stereocenters. The van der Waals surface area contributed by atoms with Crippen LogP contribution in [-0.4, -0.2) is 40.0 Å². The van der Waals surface area contributed by atoms with Gasteiger partial charge in [0.1, 0.15) is 23.1 Å². The van der Waals surface area contributed by atoms with Gasteiger partial charge in [-0.2, -0.15) is 10.5 Å². The molecule has 4 aromatic rings. The van der Waals surface area contributed by atoms with E-state index in [1.54, 1.807) is 42.5 Å². The minimum atomic E-state index is -0.293. The highest BCUT2D eigenvalue weighted by Gasteiger charge is 2.35. The van der Waals surface area contributed by atoms with E-state index >= 15 is 0 Å². The second kappa shape index (κ2) is 9.85. The van der Waals surface area contributed by atoms with Gasteiger partial charge in [-0.25, -0.2) is 9.37 Å². The van der Waals surface area contributed by atoms with Crippen LogP contribution in [0.4, 0.5) is 10.1 Å². The van der Waals surface area contributed by atoms with Crippen molar-refractivity contribution in [1.82, 2.24) is 14.9 Å². The number of nitriles is 2. The van der Waals surface area contributed by atoms with Crippen LogP contribution in [0, 0.1) is 28.5 Å². The molecule has 1 saturated heterocycles. The smallest absolute Gasteiger partial charge is 0.250 e. The molecule has 3 heterocycles. The van der Waals surface area contributed by atoms with E-state index < -0.39 is 0 Å². The lowest BCUT2D eigenvalue weighted by Crippen LogP contribution is -2.57. The van der Waals surface area contributed by atoms with Gasteiger partial charge in [0.15, 0.2) is 0 Å². The first-order chi connectivity index (χ1) is 17.9. The maximum absolute atomic E-state index is 13.8. The lowest BCUT2D eigenvalue weighted by Gasteiger charge is -2.48. The van der Waals surface area contributed by atoms with Crippen LogP contribution in [-0.2, 0) is 0 Å². The number of aromatic nitrogens is 2. The summed E-state index contributed by atoms with van der Waals surface area (Å²) < 4.78 is 13.8. The molecule has 8 heteroatoms. The van der Waals surface area contributed by atoms with Crippen molar-refractivity contribution in [1.29, 1.82) is 10.5 Å². The number of fused-ring (bicyclic) bond motifs is 1. The molecule has 1 unspecified atom stereocenters. The summed E-state index contributed by atoms with van der Waals surface area (Å²) in [4.78, 5) is 24.3. The first kappa shape index (κ1) is 24.2. The molecule has 1 aliphatic heterocycles. The molecule has 1 N–H and O–H groups in total. The number of pyridine rings is 2. The fraction of sp³-hybridized carbons (Fsp3) is 0.241. The summed E-state index contributed by atoms with van der Waals surface area (Å²) in [5.74, 6) is -0.293.